The smallest absolute Gasteiger partial charge is 0.0362 e. The summed E-state index contributed by atoms with van der Waals surface area (Å²) in [5.41, 5.74) is 1.49. The predicted molar refractivity (Wildman–Crippen MR) is 82.3 cm³/mol. The van der Waals surface area contributed by atoms with E-state index in [2.05, 4.69) is 55.7 Å². The molecule has 2 aromatic rings. The van der Waals surface area contributed by atoms with Gasteiger partial charge in [0, 0.05) is 10.7 Å². The monoisotopic (exact) mass is 261 g/mol. The van der Waals surface area contributed by atoms with E-state index in [-0.39, 0.29) is 0 Å². The normalized spacial score (nSPS) is 13.3. The van der Waals surface area contributed by atoms with Crippen molar-refractivity contribution in [2.24, 2.45) is 5.92 Å². The van der Waals surface area contributed by atoms with Crippen LogP contribution >= 0.6 is 11.3 Å². The van der Waals surface area contributed by atoms with E-state index >= 15 is 0 Å². The molecule has 1 heterocycles. The zero-order chi connectivity index (χ0) is 13.0. The van der Waals surface area contributed by atoms with Crippen molar-refractivity contribution in [3.05, 3.63) is 35.2 Å². The maximum Gasteiger partial charge on any atom is 0.0362 e. The highest BCUT2D eigenvalue weighted by atomic mass is 32.1. The van der Waals surface area contributed by atoms with Crippen LogP contribution in [-0.4, -0.2) is 6.54 Å². The van der Waals surface area contributed by atoms with Crippen molar-refractivity contribution in [2.45, 2.75) is 39.7 Å². The molecule has 0 spiro atoms. The predicted octanol–water partition coefficient (Wildman–Crippen LogP) is 4.99. The van der Waals surface area contributed by atoms with Gasteiger partial charge in [0.05, 0.1) is 0 Å². The number of thiophene rings is 1. The summed E-state index contributed by atoms with van der Waals surface area (Å²) in [6, 6.07) is 9.25. The van der Waals surface area contributed by atoms with Gasteiger partial charge < -0.3 is 5.32 Å². The third kappa shape index (κ3) is 2.60. The first kappa shape index (κ1) is 13.6. The van der Waals surface area contributed by atoms with Crippen LogP contribution in [0.1, 0.15) is 45.2 Å². The van der Waals surface area contributed by atoms with E-state index < -0.39 is 0 Å². The largest absolute Gasteiger partial charge is 0.310 e. The third-order valence-electron chi connectivity index (χ3n) is 3.79. The maximum atomic E-state index is 3.69. The van der Waals surface area contributed by atoms with Crippen molar-refractivity contribution in [3.8, 4) is 0 Å². The average molecular weight is 261 g/mol. The lowest BCUT2D eigenvalue weighted by Gasteiger charge is -2.26. The van der Waals surface area contributed by atoms with Crippen molar-refractivity contribution in [2.75, 3.05) is 6.54 Å². The fourth-order valence-electron chi connectivity index (χ4n) is 2.75. The highest BCUT2D eigenvalue weighted by molar-refractivity contribution is 7.17. The Morgan fingerprint density at radius 2 is 1.83 bits per heavy atom. The highest BCUT2D eigenvalue weighted by Gasteiger charge is 2.21. The minimum absolute atomic E-state index is 0.501. The Morgan fingerprint density at radius 3 is 2.50 bits per heavy atom. The number of benzene rings is 1. The number of rotatable bonds is 6. The van der Waals surface area contributed by atoms with Crippen molar-refractivity contribution >= 4 is 21.4 Å². The summed E-state index contributed by atoms with van der Waals surface area (Å²) < 4.78 is 1.40. The molecule has 1 unspecified atom stereocenters. The maximum absolute atomic E-state index is 3.69. The van der Waals surface area contributed by atoms with Gasteiger partial charge in [-0.25, -0.2) is 0 Å². The average Bonchev–Trinajstić information content (AvgIpc) is 2.83. The van der Waals surface area contributed by atoms with Crippen LogP contribution in [0.3, 0.4) is 0 Å². The summed E-state index contributed by atoms with van der Waals surface area (Å²) in [5.74, 6) is 0.725. The standard InChI is InChI=1S/C16H23NS/c1-4-12(5-2)16(17-6-3)14-11-18-15-10-8-7-9-13(14)15/h7-12,16-17H,4-6H2,1-3H3. The highest BCUT2D eigenvalue weighted by Crippen LogP contribution is 2.35. The number of hydrogen-bond acceptors (Lipinski definition) is 2. The first-order valence-corrected chi connectivity index (χ1v) is 7.89. The van der Waals surface area contributed by atoms with Crippen LogP contribution in [0.25, 0.3) is 10.1 Å². The molecule has 0 aliphatic heterocycles. The molecule has 98 valence electrons. The van der Waals surface area contributed by atoms with E-state index in [0.717, 1.165) is 12.5 Å². The van der Waals surface area contributed by atoms with Gasteiger partial charge in [-0.15, -0.1) is 11.3 Å². The van der Waals surface area contributed by atoms with Crippen molar-refractivity contribution < 1.29 is 0 Å². The van der Waals surface area contributed by atoms with Gasteiger partial charge in [-0.05, 0) is 34.9 Å². The molecule has 0 fully saturated rings. The van der Waals surface area contributed by atoms with Gasteiger partial charge in [0.2, 0.25) is 0 Å². The van der Waals surface area contributed by atoms with Crippen LogP contribution in [0.15, 0.2) is 29.6 Å². The van der Waals surface area contributed by atoms with E-state index in [1.54, 1.807) is 0 Å². The third-order valence-corrected chi connectivity index (χ3v) is 4.77. The van der Waals surface area contributed by atoms with Crippen LogP contribution < -0.4 is 5.32 Å². The van der Waals surface area contributed by atoms with Crippen LogP contribution in [0, 0.1) is 5.92 Å². The van der Waals surface area contributed by atoms with E-state index in [9.17, 15) is 0 Å². The molecular weight excluding hydrogens is 238 g/mol. The molecule has 0 saturated carbocycles. The van der Waals surface area contributed by atoms with Gasteiger partial charge in [0.1, 0.15) is 0 Å². The molecular formula is C16H23NS. The van der Waals surface area contributed by atoms with Crippen LogP contribution in [0.2, 0.25) is 0 Å². The molecule has 0 saturated heterocycles. The second-order valence-electron chi connectivity index (χ2n) is 4.80. The van der Waals surface area contributed by atoms with Gasteiger partial charge >= 0.3 is 0 Å². The first-order valence-electron chi connectivity index (χ1n) is 7.01. The van der Waals surface area contributed by atoms with Gasteiger partial charge in [-0.1, -0.05) is 51.8 Å². The Morgan fingerprint density at radius 1 is 1.11 bits per heavy atom. The summed E-state index contributed by atoms with van der Waals surface area (Å²) in [4.78, 5) is 0. The Hall–Kier alpha value is -0.860. The Balaban J connectivity index is 2.41. The molecule has 18 heavy (non-hydrogen) atoms. The van der Waals surface area contributed by atoms with E-state index in [4.69, 9.17) is 0 Å². The Kier molecular flexibility index (Phi) is 4.79. The van der Waals surface area contributed by atoms with E-state index in [1.807, 2.05) is 11.3 Å². The first-order chi connectivity index (χ1) is 8.81. The molecule has 1 aromatic heterocycles. The fourth-order valence-corrected chi connectivity index (χ4v) is 3.75. The van der Waals surface area contributed by atoms with Gasteiger partial charge in [-0.3, -0.25) is 0 Å². The molecule has 1 nitrogen and oxygen atoms in total. The molecule has 0 radical (unpaired) electrons. The van der Waals surface area contributed by atoms with Crippen molar-refractivity contribution in [1.82, 2.24) is 5.32 Å². The molecule has 1 N–H and O–H groups in total. The van der Waals surface area contributed by atoms with Gasteiger partial charge in [0.25, 0.3) is 0 Å². The van der Waals surface area contributed by atoms with E-state index in [1.165, 1.54) is 28.5 Å². The lowest BCUT2D eigenvalue weighted by molar-refractivity contribution is 0.349. The van der Waals surface area contributed by atoms with E-state index in [0.29, 0.717) is 6.04 Å². The van der Waals surface area contributed by atoms with Crippen molar-refractivity contribution in [3.63, 3.8) is 0 Å². The number of hydrogen-bond donors (Lipinski definition) is 1. The van der Waals surface area contributed by atoms with Crippen LogP contribution in [0.5, 0.6) is 0 Å². The number of nitrogens with one attached hydrogen (secondary N) is 1. The molecule has 1 aromatic carbocycles. The summed E-state index contributed by atoms with van der Waals surface area (Å²) >= 11 is 1.87. The molecule has 0 amide bonds. The molecule has 0 bridgehead atoms. The minimum Gasteiger partial charge on any atom is -0.310 e. The summed E-state index contributed by atoms with van der Waals surface area (Å²) in [6.07, 6.45) is 2.47. The zero-order valence-corrected chi connectivity index (χ0v) is 12.4. The number of fused-ring (bicyclic) bond motifs is 1. The van der Waals surface area contributed by atoms with Crippen LogP contribution in [0.4, 0.5) is 0 Å². The topological polar surface area (TPSA) is 12.0 Å². The zero-order valence-electron chi connectivity index (χ0n) is 11.6. The van der Waals surface area contributed by atoms with Crippen molar-refractivity contribution in [1.29, 1.82) is 0 Å². The molecule has 2 rings (SSSR count). The summed E-state index contributed by atoms with van der Waals surface area (Å²) in [5, 5.41) is 7.46. The second-order valence-corrected chi connectivity index (χ2v) is 5.71. The summed E-state index contributed by atoms with van der Waals surface area (Å²) in [6.45, 7) is 7.83. The quantitative estimate of drug-likeness (QED) is 0.772. The molecule has 1 atom stereocenters. The van der Waals surface area contributed by atoms with Gasteiger partial charge in [0.15, 0.2) is 0 Å². The molecule has 0 aliphatic rings. The SMILES string of the molecule is CCNC(c1csc2ccccc12)C(CC)CC. The lowest BCUT2D eigenvalue weighted by Crippen LogP contribution is -2.27. The van der Waals surface area contributed by atoms with Crippen LogP contribution in [-0.2, 0) is 0 Å². The fraction of sp³-hybridized carbons (Fsp3) is 0.500. The Bertz CT molecular complexity index is 485. The summed E-state index contributed by atoms with van der Waals surface area (Å²) in [7, 11) is 0. The molecule has 2 heteroatoms. The van der Waals surface area contributed by atoms with Gasteiger partial charge in [-0.2, -0.15) is 0 Å². The second kappa shape index (κ2) is 6.35. The molecule has 0 aliphatic carbocycles. The minimum atomic E-state index is 0.501. The Labute approximate surface area is 114 Å². The lowest BCUT2D eigenvalue weighted by atomic mass is 9.88.